The summed E-state index contributed by atoms with van der Waals surface area (Å²) in [5, 5.41) is -0.0719. The van der Waals surface area contributed by atoms with E-state index in [2.05, 4.69) is 6.92 Å². The van der Waals surface area contributed by atoms with Crippen molar-refractivity contribution >= 4 is 17.6 Å². The van der Waals surface area contributed by atoms with Crippen molar-refractivity contribution in [1.29, 1.82) is 0 Å². The average molecular weight is 219 g/mol. The van der Waals surface area contributed by atoms with Crippen molar-refractivity contribution in [3.8, 4) is 0 Å². The number of hydrogen-bond donors (Lipinski definition) is 0. The molecule has 0 saturated heterocycles. The van der Waals surface area contributed by atoms with Crippen LogP contribution in [0.25, 0.3) is 0 Å². The third kappa shape index (κ3) is 3.49. The average Bonchev–Trinajstić information content (AvgIpc) is 2.64. The number of halogens is 1. The molecule has 1 saturated carbocycles. The maximum absolute atomic E-state index is 11.4. The predicted molar refractivity (Wildman–Crippen MR) is 57.4 cm³/mol. The Labute approximate surface area is 91.0 Å². The first kappa shape index (κ1) is 11.8. The number of rotatable bonds is 3. The van der Waals surface area contributed by atoms with Gasteiger partial charge in [0, 0.05) is 5.38 Å². The van der Waals surface area contributed by atoms with Crippen molar-refractivity contribution in [2.45, 2.75) is 57.9 Å². The van der Waals surface area contributed by atoms with E-state index in [0.29, 0.717) is 6.42 Å². The number of ether oxygens (including phenoxy) is 1. The lowest BCUT2D eigenvalue weighted by atomic mass is 10.0. The summed E-state index contributed by atoms with van der Waals surface area (Å²) in [6.45, 7) is 7.72. The fraction of sp³-hybridized carbons (Fsp3) is 0.909. The van der Waals surface area contributed by atoms with Gasteiger partial charge in [-0.25, -0.2) is 0 Å². The van der Waals surface area contributed by atoms with Crippen LogP contribution in [0.3, 0.4) is 0 Å². The molecule has 1 rings (SSSR count). The third-order valence-corrected chi connectivity index (χ3v) is 3.24. The highest BCUT2D eigenvalue weighted by Crippen LogP contribution is 2.51. The highest BCUT2D eigenvalue weighted by atomic mass is 35.5. The Morgan fingerprint density at radius 1 is 1.50 bits per heavy atom. The Morgan fingerprint density at radius 2 is 2.00 bits per heavy atom. The minimum atomic E-state index is -0.405. The van der Waals surface area contributed by atoms with Crippen LogP contribution in [0.5, 0.6) is 0 Å². The van der Waals surface area contributed by atoms with E-state index in [4.69, 9.17) is 16.3 Å². The van der Waals surface area contributed by atoms with Crippen LogP contribution in [-0.2, 0) is 9.53 Å². The topological polar surface area (TPSA) is 26.3 Å². The van der Waals surface area contributed by atoms with Crippen molar-refractivity contribution in [2.75, 3.05) is 0 Å². The highest BCUT2D eigenvalue weighted by Gasteiger charge is 2.45. The lowest BCUT2D eigenvalue weighted by Crippen LogP contribution is -2.27. The summed E-state index contributed by atoms with van der Waals surface area (Å²) in [6.07, 6.45) is 2.59. The zero-order valence-corrected chi connectivity index (χ0v) is 10.1. The minimum absolute atomic E-state index is 0.0719. The molecule has 1 aliphatic rings. The summed E-state index contributed by atoms with van der Waals surface area (Å²) < 4.78 is 5.21. The molecule has 0 aromatic heterocycles. The number of alkyl halides is 1. The number of hydrogen-bond acceptors (Lipinski definition) is 2. The van der Waals surface area contributed by atoms with E-state index < -0.39 is 5.60 Å². The van der Waals surface area contributed by atoms with Gasteiger partial charge in [-0.2, -0.15) is 0 Å². The standard InChI is InChI=1S/C11H19ClO2/c1-10(2,3)14-9(13)7-8(12)11(4)5-6-11/h8H,5-7H2,1-4H3. The second kappa shape index (κ2) is 3.73. The van der Waals surface area contributed by atoms with Crippen molar-refractivity contribution in [3.05, 3.63) is 0 Å². The molecule has 0 N–H and O–H groups in total. The Kier molecular flexibility index (Phi) is 3.15. The number of carbonyl (C=O) groups is 1. The maximum Gasteiger partial charge on any atom is 0.307 e. The summed E-state index contributed by atoms with van der Waals surface area (Å²) in [5.74, 6) is -0.189. The highest BCUT2D eigenvalue weighted by molar-refractivity contribution is 6.22. The summed E-state index contributed by atoms with van der Waals surface area (Å²) >= 11 is 6.14. The summed E-state index contributed by atoms with van der Waals surface area (Å²) in [7, 11) is 0. The molecule has 3 heteroatoms. The van der Waals surface area contributed by atoms with E-state index >= 15 is 0 Å². The molecule has 0 aromatic carbocycles. The second-order valence-electron chi connectivity index (χ2n) is 5.41. The van der Waals surface area contributed by atoms with Gasteiger partial charge in [0.05, 0.1) is 6.42 Å². The molecule has 14 heavy (non-hydrogen) atoms. The molecule has 0 aliphatic heterocycles. The van der Waals surface area contributed by atoms with Crippen molar-refractivity contribution in [1.82, 2.24) is 0 Å². The first-order chi connectivity index (χ1) is 6.23. The van der Waals surface area contributed by atoms with Gasteiger partial charge < -0.3 is 4.74 Å². The van der Waals surface area contributed by atoms with Crippen LogP contribution < -0.4 is 0 Å². The van der Waals surface area contributed by atoms with Gasteiger partial charge in [-0.05, 0) is 39.0 Å². The second-order valence-corrected chi connectivity index (χ2v) is 5.94. The monoisotopic (exact) mass is 218 g/mol. The van der Waals surface area contributed by atoms with E-state index in [0.717, 1.165) is 12.8 Å². The van der Waals surface area contributed by atoms with Crippen LogP contribution in [0.1, 0.15) is 47.0 Å². The first-order valence-corrected chi connectivity index (χ1v) is 5.52. The number of esters is 1. The van der Waals surface area contributed by atoms with Gasteiger partial charge in [0.1, 0.15) is 5.60 Å². The summed E-state index contributed by atoms with van der Waals surface area (Å²) in [5.41, 5.74) is -0.226. The molecule has 1 fully saturated rings. The third-order valence-electron chi connectivity index (χ3n) is 2.56. The SMILES string of the molecule is CC(C)(C)OC(=O)CC(Cl)C1(C)CC1. The van der Waals surface area contributed by atoms with E-state index in [1.54, 1.807) is 0 Å². The Balaban J connectivity index is 2.34. The lowest BCUT2D eigenvalue weighted by Gasteiger charge is -2.22. The summed E-state index contributed by atoms with van der Waals surface area (Å²) in [6, 6.07) is 0. The van der Waals surface area contributed by atoms with Gasteiger partial charge in [-0.15, -0.1) is 11.6 Å². The van der Waals surface area contributed by atoms with Gasteiger partial charge in [-0.3, -0.25) is 4.79 Å². The largest absolute Gasteiger partial charge is 0.460 e. The van der Waals surface area contributed by atoms with E-state index in [1.807, 2.05) is 20.8 Å². The van der Waals surface area contributed by atoms with Crippen LogP contribution in [0.4, 0.5) is 0 Å². The summed E-state index contributed by atoms with van der Waals surface area (Å²) in [4.78, 5) is 11.4. The van der Waals surface area contributed by atoms with Crippen LogP contribution in [0.2, 0.25) is 0 Å². The molecular formula is C11H19ClO2. The molecular weight excluding hydrogens is 200 g/mol. The zero-order chi connectivity index (χ0) is 11.0. The van der Waals surface area contributed by atoms with Crippen LogP contribution in [-0.4, -0.2) is 16.9 Å². The molecule has 0 aromatic rings. The quantitative estimate of drug-likeness (QED) is 0.538. The van der Waals surface area contributed by atoms with Crippen molar-refractivity contribution in [2.24, 2.45) is 5.41 Å². The van der Waals surface area contributed by atoms with Crippen molar-refractivity contribution in [3.63, 3.8) is 0 Å². The molecule has 2 nitrogen and oxygen atoms in total. The van der Waals surface area contributed by atoms with Crippen LogP contribution >= 0.6 is 11.6 Å². The molecule has 1 atom stereocenters. The fourth-order valence-electron chi connectivity index (χ4n) is 1.29. The van der Waals surface area contributed by atoms with Gasteiger partial charge in [-0.1, -0.05) is 6.92 Å². The normalized spacial score (nSPS) is 21.5. The van der Waals surface area contributed by atoms with Gasteiger partial charge in [0.25, 0.3) is 0 Å². The molecule has 0 heterocycles. The Hall–Kier alpha value is -0.240. The molecule has 0 bridgehead atoms. The van der Waals surface area contributed by atoms with Gasteiger partial charge in [0.2, 0.25) is 0 Å². The Bertz CT molecular complexity index is 226. The molecule has 0 radical (unpaired) electrons. The maximum atomic E-state index is 11.4. The molecule has 82 valence electrons. The van der Waals surface area contributed by atoms with E-state index in [9.17, 15) is 4.79 Å². The zero-order valence-electron chi connectivity index (χ0n) is 9.39. The first-order valence-electron chi connectivity index (χ1n) is 5.09. The van der Waals surface area contributed by atoms with Gasteiger partial charge >= 0.3 is 5.97 Å². The molecule has 0 spiro atoms. The van der Waals surface area contributed by atoms with Crippen molar-refractivity contribution < 1.29 is 9.53 Å². The smallest absolute Gasteiger partial charge is 0.307 e. The van der Waals surface area contributed by atoms with Crippen LogP contribution in [0.15, 0.2) is 0 Å². The minimum Gasteiger partial charge on any atom is -0.460 e. The lowest BCUT2D eigenvalue weighted by molar-refractivity contribution is -0.155. The molecule has 1 aliphatic carbocycles. The van der Waals surface area contributed by atoms with E-state index in [1.165, 1.54) is 0 Å². The van der Waals surface area contributed by atoms with Crippen LogP contribution in [0, 0.1) is 5.41 Å². The van der Waals surface area contributed by atoms with E-state index in [-0.39, 0.29) is 16.8 Å². The predicted octanol–water partition coefficient (Wildman–Crippen LogP) is 3.13. The Morgan fingerprint density at radius 3 is 2.36 bits per heavy atom. The molecule has 1 unspecified atom stereocenters. The fourth-order valence-corrected chi connectivity index (χ4v) is 1.63. The molecule has 0 amide bonds. The van der Waals surface area contributed by atoms with Gasteiger partial charge in [0.15, 0.2) is 0 Å². The number of carbonyl (C=O) groups excluding carboxylic acids is 1.